The van der Waals surface area contributed by atoms with Gasteiger partial charge in [-0.3, -0.25) is 0 Å². The molecular formula is C15H22N2. The molecule has 0 spiro atoms. The molecule has 0 aliphatic carbocycles. The van der Waals surface area contributed by atoms with Crippen LogP contribution in [0, 0.1) is 5.92 Å². The molecule has 3 saturated heterocycles. The van der Waals surface area contributed by atoms with Crippen molar-refractivity contribution in [3.05, 3.63) is 35.9 Å². The minimum atomic E-state index is 0.474. The minimum Gasteiger partial charge on any atom is -0.306 e. The lowest BCUT2D eigenvalue weighted by atomic mass is 9.83. The molecule has 1 aromatic carbocycles. The Morgan fingerprint density at radius 1 is 1.18 bits per heavy atom. The number of nitrogens with one attached hydrogen (secondary N) is 1. The van der Waals surface area contributed by atoms with Crippen LogP contribution in [-0.2, 0) is 0 Å². The third-order valence-electron chi connectivity index (χ3n) is 4.42. The Morgan fingerprint density at radius 2 is 1.88 bits per heavy atom. The molecule has 1 aromatic rings. The van der Waals surface area contributed by atoms with Crippen molar-refractivity contribution in [1.82, 2.24) is 10.2 Å². The number of fused-ring (bicyclic) bond motifs is 3. The van der Waals surface area contributed by atoms with Gasteiger partial charge in [-0.1, -0.05) is 30.3 Å². The molecule has 4 rings (SSSR count). The fourth-order valence-electron chi connectivity index (χ4n) is 3.31. The molecule has 2 heteroatoms. The second-order valence-corrected chi connectivity index (χ2v) is 5.54. The number of rotatable bonds is 3. The Kier molecular flexibility index (Phi) is 3.17. The molecule has 92 valence electrons. The minimum absolute atomic E-state index is 0.474. The van der Waals surface area contributed by atoms with Crippen molar-refractivity contribution in [2.24, 2.45) is 5.92 Å². The van der Waals surface area contributed by atoms with Crippen molar-refractivity contribution in [2.45, 2.75) is 31.8 Å². The number of piperidine rings is 3. The Balaban J connectivity index is 1.64. The van der Waals surface area contributed by atoms with E-state index < -0.39 is 0 Å². The topological polar surface area (TPSA) is 15.3 Å². The van der Waals surface area contributed by atoms with Gasteiger partial charge in [0, 0.05) is 18.6 Å². The summed E-state index contributed by atoms with van der Waals surface area (Å²) in [6.45, 7) is 6.18. The van der Waals surface area contributed by atoms with E-state index in [0.29, 0.717) is 12.1 Å². The van der Waals surface area contributed by atoms with Gasteiger partial charge in [0.2, 0.25) is 0 Å². The Labute approximate surface area is 104 Å². The van der Waals surface area contributed by atoms with Crippen LogP contribution in [0.3, 0.4) is 0 Å². The van der Waals surface area contributed by atoms with Gasteiger partial charge in [0.05, 0.1) is 0 Å². The van der Waals surface area contributed by atoms with Gasteiger partial charge in [0.1, 0.15) is 0 Å². The fourth-order valence-corrected chi connectivity index (χ4v) is 3.31. The summed E-state index contributed by atoms with van der Waals surface area (Å²) in [5, 5.41) is 3.82. The molecule has 2 nitrogen and oxygen atoms in total. The normalized spacial score (nSPS) is 33.6. The Morgan fingerprint density at radius 3 is 2.47 bits per heavy atom. The summed E-state index contributed by atoms with van der Waals surface area (Å²) in [6.07, 6.45) is 2.78. The van der Waals surface area contributed by atoms with Crippen molar-refractivity contribution < 1.29 is 0 Å². The first-order chi connectivity index (χ1) is 8.33. The van der Waals surface area contributed by atoms with Crippen LogP contribution in [0.15, 0.2) is 30.3 Å². The van der Waals surface area contributed by atoms with Crippen molar-refractivity contribution in [1.29, 1.82) is 0 Å². The maximum atomic E-state index is 3.82. The number of benzene rings is 1. The highest BCUT2D eigenvalue weighted by Gasteiger charge is 2.34. The predicted octanol–water partition coefficient (Wildman–Crippen LogP) is 2.43. The molecule has 3 aliphatic rings. The summed E-state index contributed by atoms with van der Waals surface area (Å²) in [5.41, 5.74) is 1.41. The highest BCUT2D eigenvalue weighted by atomic mass is 15.2. The van der Waals surface area contributed by atoms with Gasteiger partial charge in [-0.25, -0.2) is 0 Å². The van der Waals surface area contributed by atoms with Gasteiger partial charge < -0.3 is 10.2 Å². The average molecular weight is 230 g/mol. The van der Waals surface area contributed by atoms with Gasteiger partial charge in [-0.2, -0.15) is 0 Å². The predicted molar refractivity (Wildman–Crippen MR) is 70.9 cm³/mol. The summed E-state index contributed by atoms with van der Waals surface area (Å²) >= 11 is 0. The second kappa shape index (κ2) is 4.79. The van der Waals surface area contributed by atoms with Gasteiger partial charge in [-0.05, 0) is 44.3 Å². The van der Waals surface area contributed by atoms with Crippen LogP contribution in [0.4, 0.5) is 0 Å². The van der Waals surface area contributed by atoms with E-state index in [0.717, 1.165) is 5.92 Å². The molecule has 3 heterocycles. The van der Waals surface area contributed by atoms with Crippen LogP contribution < -0.4 is 5.32 Å². The lowest BCUT2D eigenvalue weighted by molar-refractivity contribution is 0.0680. The molecule has 17 heavy (non-hydrogen) atoms. The molecule has 3 aliphatic heterocycles. The first-order valence-electron chi connectivity index (χ1n) is 6.86. The third kappa shape index (κ3) is 2.38. The summed E-state index contributed by atoms with van der Waals surface area (Å²) in [6, 6.07) is 12.0. The second-order valence-electron chi connectivity index (χ2n) is 5.54. The van der Waals surface area contributed by atoms with Crippen molar-refractivity contribution in [3.8, 4) is 0 Å². The summed E-state index contributed by atoms with van der Waals surface area (Å²) in [7, 11) is 0. The molecule has 3 fully saturated rings. The molecule has 0 radical (unpaired) electrons. The Bertz CT molecular complexity index is 354. The molecule has 0 amide bonds. The standard InChI is InChI=1S/C15H22N2/c1-12(13-5-3-2-4-6-13)16-15-11-17-9-7-14(15)8-10-17/h2-6,12,14-16H,7-11H2,1H3/t12-,15?/m1/s1. The van der Waals surface area contributed by atoms with Crippen LogP contribution in [0.25, 0.3) is 0 Å². The highest BCUT2D eigenvalue weighted by molar-refractivity contribution is 5.18. The number of hydrogen-bond acceptors (Lipinski definition) is 2. The lowest BCUT2D eigenvalue weighted by Gasteiger charge is -2.46. The van der Waals surface area contributed by atoms with Crippen molar-refractivity contribution >= 4 is 0 Å². The summed E-state index contributed by atoms with van der Waals surface area (Å²) < 4.78 is 0. The van der Waals surface area contributed by atoms with Crippen LogP contribution >= 0.6 is 0 Å². The zero-order valence-corrected chi connectivity index (χ0v) is 10.6. The zero-order valence-electron chi connectivity index (χ0n) is 10.6. The maximum absolute atomic E-state index is 3.82. The van der Waals surface area contributed by atoms with E-state index in [9.17, 15) is 0 Å². The first kappa shape index (κ1) is 11.2. The van der Waals surface area contributed by atoms with Crippen molar-refractivity contribution in [3.63, 3.8) is 0 Å². The quantitative estimate of drug-likeness (QED) is 0.858. The number of hydrogen-bond donors (Lipinski definition) is 1. The monoisotopic (exact) mass is 230 g/mol. The molecule has 0 aromatic heterocycles. The van der Waals surface area contributed by atoms with Crippen LogP contribution in [0.2, 0.25) is 0 Å². The van der Waals surface area contributed by atoms with Crippen LogP contribution in [-0.4, -0.2) is 30.6 Å². The highest BCUT2D eigenvalue weighted by Crippen LogP contribution is 2.29. The third-order valence-corrected chi connectivity index (χ3v) is 4.42. The first-order valence-corrected chi connectivity index (χ1v) is 6.86. The average Bonchev–Trinajstić information content (AvgIpc) is 2.41. The maximum Gasteiger partial charge on any atom is 0.0294 e. The SMILES string of the molecule is C[C@@H](NC1CN2CCC1CC2)c1ccccc1. The summed E-state index contributed by atoms with van der Waals surface area (Å²) in [4.78, 5) is 2.61. The van der Waals surface area contributed by atoms with Gasteiger partial charge in [0.25, 0.3) is 0 Å². The molecule has 1 N–H and O–H groups in total. The Hall–Kier alpha value is -0.860. The van der Waals surface area contributed by atoms with Gasteiger partial charge in [-0.15, -0.1) is 0 Å². The molecule has 2 atom stereocenters. The fraction of sp³-hybridized carbons (Fsp3) is 0.600. The van der Waals surface area contributed by atoms with E-state index >= 15 is 0 Å². The molecular weight excluding hydrogens is 208 g/mol. The van der Waals surface area contributed by atoms with E-state index in [1.165, 1.54) is 38.0 Å². The molecule has 1 unspecified atom stereocenters. The van der Waals surface area contributed by atoms with Gasteiger partial charge >= 0.3 is 0 Å². The van der Waals surface area contributed by atoms with E-state index in [1.54, 1.807) is 0 Å². The smallest absolute Gasteiger partial charge is 0.0294 e. The summed E-state index contributed by atoms with van der Waals surface area (Å²) in [5.74, 6) is 0.908. The lowest BCUT2D eigenvalue weighted by Crippen LogP contribution is -2.56. The van der Waals surface area contributed by atoms with Crippen LogP contribution in [0.5, 0.6) is 0 Å². The van der Waals surface area contributed by atoms with E-state index in [1.807, 2.05) is 0 Å². The zero-order chi connectivity index (χ0) is 11.7. The molecule has 0 saturated carbocycles. The number of nitrogens with zero attached hydrogens (tertiary/aromatic N) is 1. The van der Waals surface area contributed by atoms with E-state index in [-0.39, 0.29) is 0 Å². The van der Waals surface area contributed by atoms with Crippen LogP contribution in [0.1, 0.15) is 31.4 Å². The van der Waals surface area contributed by atoms with E-state index in [2.05, 4.69) is 47.5 Å². The largest absolute Gasteiger partial charge is 0.306 e. The van der Waals surface area contributed by atoms with Gasteiger partial charge in [0.15, 0.2) is 0 Å². The molecule has 2 bridgehead atoms. The van der Waals surface area contributed by atoms with E-state index in [4.69, 9.17) is 0 Å². The van der Waals surface area contributed by atoms with Crippen molar-refractivity contribution in [2.75, 3.05) is 19.6 Å².